The summed E-state index contributed by atoms with van der Waals surface area (Å²) in [6, 6.07) is 3.95. The highest BCUT2D eigenvalue weighted by Crippen LogP contribution is 2.26. The molecule has 20 heavy (non-hydrogen) atoms. The van der Waals surface area contributed by atoms with Gasteiger partial charge in [-0.15, -0.1) is 0 Å². The van der Waals surface area contributed by atoms with Crippen molar-refractivity contribution in [1.29, 1.82) is 0 Å². The van der Waals surface area contributed by atoms with Gasteiger partial charge in [0.25, 0.3) is 0 Å². The van der Waals surface area contributed by atoms with Gasteiger partial charge in [-0.1, -0.05) is 25.4 Å². The van der Waals surface area contributed by atoms with Crippen LogP contribution in [-0.2, 0) is 4.74 Å². The van der Waals surface area contributed by atoms with Gasteiger partial charge >= 0.3 is 0 Å². The molecule has 4 heteroatoms. The van der Waals surface area contributed by atoms with Gasteiger partial charge in [0.15, 0.2) is 0 Å². The molecule has 1 N–H and O–H groups in total. The van der Waals surface area contributed by atoms with Crippen LogP contribution < -0.4 is 10.1 Å². The Morgan fingerprint density at radius 3 is 2.25 bits per heavy atom. The van der Waals surface area contributed by atoms with Gasteiger partial charge in [-0.25, -0.2) is 0 Å². The first kappa shape index (κ1) is 17.3. The molecule has 0 bridgehead atoms. The zero-order valence-corrected chi connectivity index (χ0v) is 13.9. The lowest BCUT2D eigenvalue weighted by Crippen LogP contribution is -2.36. The third-order valence-corrected chi connectivity index (χ3v) is 3.59. The van der Waals surface area contributed by atoms with Crippen molar-refractivity contribution < 1.29 is 9.47 Å². The maximum absolute atomic E-state index is 6.17. The summed E-state index contributed by atoms with van der Waals surface area (Å²) in [4.78, 5) is 0. The van der Waals surface area contributed by atoms with Gasteiger partial charge in [0, 0.05) is 18.7 Å². The average Bonchev–Trinajstić information content (AvgIpc) is 2.35. The van der Waals surface area contributed by atoms with Crippen LogP contribution >= 0.6 is 11.6 Å². The highest BCUT2D eigenvalue weighted by Gasteiger charge is 2.12. The Morgan fingerprint density at radius 1 is 1.15 bits per heavy atom. The second-order valence-corrected chi connectivity index (χ2v) is 6.00. The summed E-state index contributed by atoms with van der Waals surface area (Å²) in [7, 11) is 1.69. The molecule has 114 valence electrons. The van der Waals surface area contributed by atoms with Crippen LogP contribution in [0.3, 0.4) is 0 Å². The average molecular weight is 300 g/mol. The van der Waals surface area contributed by atoms with Crippen molar-refractivity contribution in [3.8, 4) is 5.75 Å². The highest BCUT2D eigenvalue weighted by atomic mass is 35.5. The van der Waals surface area contributed by atoms with Crippen molar-refractivity contribution in [2.24, 2.45) is 5.92 Å². The first-order valence-corrected chi connectivity index (χ1v) is 7.44. The topological polar surface area (TPSA) is 30.5 Å². The van der Waals surface area contributed by atoms with Crippen LogP contribution in [0.15, 0.2) is 12.1 Å². The summed E-state index contributed by atoms with van der Waals surface area (Å²) in [5.74, 6) is 1.47. The Hall–Kier alpha value is -0.770. The van der Waals surface area contributed by atoms with Crippen LogP contribution in [-0.4, -0.2) is 32.9 Å². The van der Waals surface area contributed by atoms with Crippen LogP contribution in [0.4, 0.5) is 0 Å². The summed E-state index contributed by atoms with van der Waals surface area (Å²) >= 11 is 6.17. The van der Waals surface area contributed by atoms with E-state index in [0.29, 0.717) is 12.5 Å². The molecule has 3 nitrogen and oxygen atoms in total. The predicted octanol–water partition coefficient (Wildman–Crippen LogP) is 3.60. The molecule has 0 saturated carbocycles. The molecule has 0 radical (unpaired) electrons. The van der Waals surface area contributed by atoms with Crippen molar-refractivity contribution >= 4 is 11.6 Å². The molecule has 1 atom stereocenters. The lowest BCUT2D eigenvalue weighted by atomic mass is 10.1. The highest BCUT2D eigenvalue weighted by molar-refractivity contribution is 6.32. The van der Waals surface area contributed by atoms with E-state index < -0.39 is 0 Å². The number of methoxy groups -OCH3 is 1. The van der Waals surface area contributed by atoms with Crippen LogP contribution in [0.1, 0.15) is 25.0 Å². The third-order valence-electron chi connectivity index (χ3n) is 2.99. The fourth-order valence-electron chi connectivity index (χ4n) is 2.02. The molecule has 0 fully saturated rings. The monoisotopic (exact) mass is 299 g/mol. The van der Waals surface area contributed by atoms with E-state index in [1.807, 2.05) is 26.0 Å². The largest absolute Gasteiger partial charge is 0.487 e. The minimum atomic E-state index is -0.00118. The SMILES string of the molecule is COCC(CNCC(C)C)Oc1cc(C)c(Cl)c(C)c1. The van der Waals surface area contributed by atoms with Crippen molar-refractivity contribution in [1.82, 2.24) is 5.32 Å². The van der Waals surface area contributed by atoms with Crippen LogP contribution in [0.2, 0.25) is 5.02 Å². The zero-order chi connectivity index (χ0) is 15.1. The van der Waals surface area contributed by atoms with Gasteiger partial charge in [-0.05, 0) is 49.6 Å². The number of benzene rings is 1. The van der Waals surface area contributed by atoms with E-state index in [4.69, 9.17) is 21.1 Å². The number of hydrogen-bond donors (Lipinski definition) is 1. The molecule has 1 aromatic rings. The minimum absolute atomic E-state index is 0.00118. The number of halogens is 1. The number of ether oxygens (including phenoxy) is 2. The Bertz CT molecular complexity index is 398. The third kappa shape index (κ3) is 5.70. The molecular formula is C16H26ClNO2. The van der Waals surface area contributed by atoms with Crippen molar-refractivity contribution in [3.05, 3.63) is 28.3 Å². The van der Waals surface area contributed by atoms with E-state index in [1.165, 1.54) is 0 Å². The molecular weight excluding hydrogens is 274 g/mol. The second-order valence-electron chi connectivity index (χ2n) is 5.62. The molecule has 0 aliphatic rings. The van der Waals surface area contributed by atoms with Crippen LogP contribution in [0, 0.1) is 19.8 Å². The molecule has 1 unspecified atom stereocenters. The van der Waals surface area contributed by atoms with Crippen molar-refractivity contribution in [3.63, 3.8) is 0 Å². The Morgan fingerprint density at radius 2 is 1.75 bits per heavy atom. The standard InChI is InChI=1S/C16H26ClNO2/c1-11(2)8-18-9-15(10-19-5)20-14-6-12(3)16(17)13(4)7-14/h6-7,11,15,18H,8-10H2,1-5H3. The quantitative estimate of drug-likeness (QED) is 0.795. The van der Waals surface area contributed by atoms with E-state index in [9.17, 15) is 0 Å². The summed E-state index contributed by atoms with van der Waals surface area (Å²) in [5.41, 5.74) is 2.07. The molecule has 0 saturated heterocycles. The molecule has 0 aliphatic heterocycles. The van der Waals surface area contributed by atoms with Crippen LogP contribution in [0.5, 0.6) is 5.75 Å². The van der Waals surface area contributed by atoms with Gasteiger partial charge in [0.05, 0.1) is 6.61 Å². The summed E-state index contributed by atoms with van der Waals surface area (Å²) in [6.07, 6.45) is -0.00118. The predicted molar refractivity (Wildman–Crippen MR) is 84.9 cm³/mol. The molecule has 1 aromatic carbocycles. The zero-order valence-electron chi connectivity index (χ0n) is 13.1. The fraction of sp³-hybridized carbons (Fsp3) is 0.625. The number of nitrogens with one attached hydrogen (secondary N) is 1. The first-order valence-electron chi connectivity index (χ1n) is 7.07. The number of hydrogen-bond acceptors (Lipinski definition) is 3. The Kier molecular flexibility index (Phi) is 7.35. The van der Waals surface area contributed by atoms with E-state index >= 15 is 0 Å². The van der Waals surface area contributed by atoms with Crippen molar-refractivity contribution in [2.75, 3.05) is 26.8 Å². The number of aryl methyl sites for hydroxylation is 2. The normalized spacial score (nSPS) is 12.8. The fourth-order valence-corrected chi connectivity index (χ4v) is 2.13. The maximum atomic E-state index is 6.17. The van der Waals surface area contributed by atoms with Gasteiger partial charge in [-0.3, -0.25) is 0 Å². The van der Waals surface area contributed by atoms with E-state index in [1.54, 1.807) is 7.11 Å². The molecule has 0 heterocycles. The molecule has 1 rings (SSSR count). The van der Waals surface area contributed by atoms with E-state index in [-0.39, 0.29) is 6.10 Å². The van der Waals surface area contributed by atoms with E-state index in [2.05, 4.69) is 19.2 Å². The summed E-state index contributed by atoms with van der Waals surface area (Å²) in [5, 5.41) is 4.20. The Balaban J connectivity index is 2.65. The molecule has 0 amide bonds. The van der Waals surface area contributed by atoms with Crippen LogP contribution in [0.25, 0.3) is 0 Å². The lowest BCUT2D eigenvalue weighted by Gasteiger charge is -2.20. The van der Waals surface area contributed by atoms with Gasteiger partial charge < -0.3 is 14.8 Å². The maximum Gasteiger partial charge on any atom is 0.134 e. The number of rotatable bonds is 8. The Labute approximate surface area is 127 Å². The molecule has 0 spiro atoms. The van der Waals surface area contributed by atoms with Gasteiger partial charge in [0.1, 0.15) is 11.9 Å². The minimum Gasteiger partial charge on any atom is -0.487 e. The first-order chi connectivity index (χ1) is 9.43. The lowest BCUT2D eigenvalue weighted by molar-refractivity contribution is 0.0802. The van der Waals surface area contributed by atoms with Crippen molar-refractivity contribution in [2.45, 2.75) is 33.8 Å². The summed E-state index contributed by atoms with van der Waals surface area (Å²) < 4.78 is 11.2. The second kappa shape index (κ2) is 8.50. The van der Waals surface area contributed by atoms with Gasteiger partial charge in [0.2, 0.25) is 0 Å². The molecule has 0 aromatic heterocycles. The van der Waals surface area contributed by atoms with Gasteiger partial charge in [-0.2, -0.15) is 0 Å². The smallest absolute Gasteiger partial charge is 0.134 e. The summed E-state index contributed by atoms with van der Waals surface area (Å²) in [6.45, 7) is 10.7. The molecule has 0 aliphatic carbocycles. The van der Waals surface area contributed by atoms with E-state index in [0.717, 1.165) is 35.0 Å².